The summed E-state index contributed by atoms with van der Waals surface area (Å²) in [5.41, 5.74) is 1.41. The summed E-state index contributed by atoms with van der Waals surface area (Å²) in [4.78, 5) is 0. The van der Waals surface area contributed by atoms with E-state index in [1.807, 2.05) is 6.07 Å². The van der Waals surface area contributed by atoms with Crippen LogP contribution in [0.4, 0.5) is 0 Å². The molecule has 11 heavy (non-hydrogen) atoms. The smallest absolute Gasteiger partial charge is 0 e. The van der Waals surface area contributed by atoms with Crippen molar-refractivity contribution >= 4 is 11.6 Å². The first kappa shape index (κ1) is 13.7. The molecule has 0 aliphatic heterocycles. The van der Waals surface area contributed by atoms with E-state index < -0.39 is 0 Å². The van der Waals surface area contributed by atoms with Crippen LogP contribution in [0.1, 0.15) is 12.5 Å². The van der Waals surface area contributed by atoms with Gasteiger partial charge >= 0.3 is 0 Å². The Balaban J connectivity index is 0. The number of hydrogen-bond acceptors (Lipinski definition) is 0. The molecule has 1 aromatic carbocycles. The van der Waals surface area contributed by atoms with E-state index in [2.05, 4.69) is 49.2 Å². The Hall–Kier alpha value is 0.172. The molecule has 0 unspecified atom stereocenters. The van der Waals surface area contributed by atoms with Gasteiger partial charge in [-0.2, -0.15) is 0 Å². The zero-order valence-electron chi connectivity index (χ0n) is 6.50. The Kier molecular flexibility index (Phi) is 12.7. The summed E-state index contributed by atoms with van der Waals surface area (Å²) in [6, 6.07) is 10.5. The first-order valence-electron chi connectivity index (χ1n) is 3.24. The van der Waals surface area contributed by atoms with Crippen LogP contribution in [0.2, 0.25) is 0 Å². The van der Waals surface area contributed by atoms with E-state index in [9.17, 15) is 0 Å². The molecule has 0 N–H and O–H groups in total. The fourth-order valence-electron chi connectivity index (χ4n) is 0.714. The Morgan fingerprint density at radius 2 is 1.64 bits per heavy atom. The fourth-order valence-corrected chi connectivity index (χ4v) is 0.714. The first-order valence-corrected chi connectivity index (χ1v) is 3.77. The molecule has 2 heteroatoms. The van der Waals surface area contributed by atoms with Crippen LogP contribution in [-0.4, -0.2) is 0 Å². The predicted octanol–water partition coefficient (Wildman–Crippen LogP) is 3.26. The molecule has 0 radical (unpaired) electrons. The average Bonchev–Trinajstić information content (AvgIpc) is 2.10. The van der Waals surface area contributed by atoms with E-state index in [0.717, 1.165) is 6.42 Å². The van der Waals surface area contributed by atoms with Crippen LogP contribution < -0.4 is 0 Å². The van der Waals surface area contributed by atoms with E-state index in [1.165, 1.54) is 5.56 Å². The maximum atomic E-state index is 4.39. The summed E-state index contributed by atoms with van der Waals surface area (Å²) >= 11 is 4.39. The van der Waals surface area contributed by atoms with Crippen molar-refractivity contribution in [2.45, 2.75) is 13.3 Å². The van der Waals surface area contributed by atoms with Gasteiger partial charge in [-0.25, -0.2) is 0 Å². The molecule has 66 valence electrons. The molecule has 0 saturated heterocycles. The molecule has 0 heterocycles. The maximum Gasteiger partial charge on any atom is 0 e. The quantitative estimate of drug-likeness (QED) is 0.538. The van der Waals surface area contributed by atoms with E-state index in [-0.39, 0.29) is 20.4 Å². The number of rotatable bonds is 1. The Bertz CT molecular complexity index is 151. The van der Waals surface area contributed by atoms with Crippen molar-refractivity contribution < 1.29 is 20.4 Å². The third-order valence-corrected chi connectivity index (χ3v) is 1.25. The summed E-state index contributed by atoms with van der Waals surface area (Å²) in [6.45, 7) is 2.16. The van der Waals surface area contributed by atoms with Crippen molar-refractivity contribution in [3.05, 3.63) is 42.3 Å². The topological polar surface area (TPSA) is 0 Å². The summed E-state index contributed by atoms with van der Waals surface area (Å²) in [7, 11) is 0. The maximum absolute atomic E-state index is 4.39. The van der Waals surface area contributed by atoms with Crippen molar-refractivity contribution in [2.24, 2.45) is 0 Å². The molecule has 0 aromatic heterocycles. The molecular weight excluding hydrogens is 250 g/mol. The van der Waals surface area contributed by atoms with E-state index in [4.69, 9.17) is 0 Å². The molecule has 0 bridgehead atoms. The van der Waals surface area contributed by atoms with Crippen molar-refractivity contribution in [3.63, 3.8) is 0 Å². The van der Waals surface area contributed by atoms with Gasteiger partial charge in [0.1, 0.15) is 0 Å². The van der Waals surface area contributed by atoms with Crippen LogP contribution >= 0.6 is 11.6 Å². The standard InChI is InChI=1S/C8H10.CH2Cl.Pd/c1-2-8-6-4-3-5-7-8;1-2;/h3-7H,2H2,1H3;1H2;/q;-1;. The number of benzene rings is 1. The van der Waals surface area contributed by atoms with Crippen LogP contribution in [0.5, 0.6) is 0 Å². The van der Waals surface area contributed by atoms with Gasteiger partial charge in [-0.3, -0.25) is 6.38 Å². The van der Waals surface area contributed by atoms with Gasteiger partial charge in [-0.1, -0.05) is 37.3 Å². The third-order valence-electron chi connectivity index (χ3n) is 1.25. The normalized spacial score (nSPS) is 7.18. The van der Waals surface area contributed by atoms with Gasteiger partial charge in [-0.05, 0) is 12.0 Å². The van der Waals surface area contributed by atoms with Gasteiger partial charge in [0.15, 0.2) is 0 Å². The van der Waals surface area contributed by atoms with Crippen LogP contribution in [0.25, 0.3) is 0 Å². The number of hydrogen-bond donors (Lipinski definition) is 0. The molecule has 1 aromatic rings. The average molecular weight is 262 g/mol. The van der Waals surface area contributed by atoms with Crippen molar-refractivity contribution in [1.29, 1.82) is 0 Å². The van der Waals surface area contributed by atoms with Gasteiger partial charge < -0.3 is 11.6 Å². The summed E-state index contributed by atoms with van der Waals surface area (Å²) in [5.74, 6) is 0. The zero-order chi connectivity index (χ0) is 7.82. The fraction of sp³-hybridized carbons (Fsp3) is 0.222. The van der Waals surface area contributed by atoms with Crippen molar-refractivity contribution in [2.75, 3.05) is 0 Å². The molecule has 0 atom stereocenters. The van der Waals surface area contributed by atoms with Gasteiger partial charge in [0.2, 0.25) is 0 Å². The van der Waals surface area contributed by atoms with Crippen LogP contribution in [0, 0.1) is 6.38 Å². The molecule has 0 amide bonds. The first-order chi connectivity index (χ1) is 4.93. The summed E-state index contributed by atoms with van der Waals surface area (Å²) in [5, 5.41) is 0. The number of halogens is 1. The second-order valence-corrected chi connectivity index (χ2v) is 1.84. The van der Waals surface area contributed by atoms with Gasteiger partial charge in [0.05, 0.1) is 0 Å². The van der Waals surface area contributed by atoms with Crippen LogP contribution in [0.15, 0.2) is 30.3 Å². The van der Waals surface area contributed by atoms with E-state index in [1.54, 1.807) is 0 Å². The Labute approximate surface area is 87.6 Å². The van der Waals surface area contributed by atoms with Gasteiger partial charge in [-0.15, -0.1) is 0 Å². The molecule has 0 aliphatic carbocycles. The van der Waals surface area contributed by atoms with E-state index in [0.29, 0.717) is 0 Å². The number of aryl methyl sites for hydroxylation is 1. The molecule has 0 saturated carbocycles. The molecule has 0 nitrogen and oxygen atoms in total. The minimum absolute atomic E-state index is 0. The van der Waals surface area contributed by atoms with E-state index >= 15 is 0 Å². The molecule has 0 fully saturated rings. The largest absolute Gasteiger partial charge is 0.352 e. The zero-order valence-corrected chi connectivity index (χ0v) is 8.81. The second kappa shape index (κ2) is 10.2. The third kappa shape index (κ3) is 6.57. The minimum atomic E-state index is 0. The molecule has 0 spiro atoms. The molecule has 1 rings (SSSR count). The van der Waals surface area contributed by atoms with Crippen molar-refractivity contribution in [1.82, 2.24) is 0 Å². The Morgan fingerprint density at radius 3 is 1.91 bits per heavy atom. The minimum Gasteiger partial charge on any atom is -0.352 e. The van der Waals surface area contributed by atoms with Gasteiger partial charge in [0, 0.05) is 20.4 Å². The second-order valence-electron chi connectivity index (χ2n) is 1.84. The molecular formula is C9H12ClPd-. The summed E-state index contributed by atoms with van der Waals surface area (Å²) in [6.07, 6.45) is 3.86. The SMILES string of the molecule is CCc1ccccc1.[CH2-]Cl.[Pd]. The van der Waals surface area contributed by atoms with Gasteiger partial charge in [0.25, 0.3) is 0 Å². The van der Waals surface area contributed by atoms with Crippen LogP contribution in [0.3, 0.4) is 0 Å². The van der Waals surface area contributed by atoms with Crippen LogP contribution in [-0.2, 0) is 26.8 Å². The summed E-state index contributed by atoms with van der Waals surface area (Å²) < 4.78 is 0. The monoisotopic (exact) mass is 261 g/mol. The molecule has 0 aliphatic rings. The Morgan fingerprint density at radius 1 is 1.18 bits per heavy atom. The predicted molar refractivity (Wildman–Crippen MR) is 47.0 cm³/mol. The van der Waals surface area contributed by atoms with Crippen molar-refractivity contribution in [3.8, 4) is 0 Å².